The molecule has 0 unspecified atom stereocenters. The summed E-state index contributed by atoms with van der Waals surface area (Å²) in [5.74, 6) is 0.552. The fourth-order valence-electron chi connectivity index (χ4n) is 3.54. The van der Waals surface area contributed by atoms with Gasteiger partial charge in [-0.25, -0.2) is 9.78 Å². The molecule has 0 aliphatic heterocycles. The van der Waals surface area contributed by atoms with Gasteiger partial charge in [0.2, 0.25) is 0 Å². The third-order valence-corrected chi connectivity index (χ3v) is 5.36. The van der Waals surface area contributed by atoms with Crippen LogP contribution in [0.4, 0.5) is 4.79 Å². The molecule has 0 aliphatic rings. The molecule has 0 radical (unpaired) electrons. The molecule has 0 spiro atoms. The second kappa shape index (κ2) is 10.1. The molecule has 8 heteroatoms. The Hall–Kier alpha value is -3.58. The van der Waals surface area contributed by atoms with Crippen molar-refractivity contribution in [2.75, 3.05) is 6.61 Å². The van der Waals surface area contributed by atoms with E-state index in [-0.39, 0.29) is 12.6 Å². The van der Waals surface area contributed by atoms with E-state index in [0.717, 1.165) is 27.6 Å². The van der Waals surface area contributed by atoms with Gasteiger partial charge < -0.3 is 14.8 Å². The summed E-state index contributed by atoms with van der Waals surface area (Å²) < 4.78 is 11.5. The lowest BCUT2D eigenvalue weighted by atomic mass is 10.1. The number of ether oxygens (including phenoxy) is 2. The zero-order chi connectivity index (χ0) is 24.1. The van der Waals surface area contributed by atoms with E-state index in [2.05, 4.69) is 20.5 Å². The molecule has 2 aromatic carbocycles. The number of benzene rings is 2. The number of amides is 1. The van der Waals surface area contributed by atoms with Crippen molar-refractivity contribution in [3.8, 4) is 16.9 Å². The Balaban J connectivity index is 1.50. The molecular formula is C26H27ClN4O3. The van der Waals surface area contributed by atoms with Gasteiger partial charge in [-0.3, -0.25) is 5.10 Å². The molecule has 0 bridgehead atoms. The van der Waals surface area contributed by atoms with Gasteiger partial charge in [0.1, 0.15) is 23.1 Å². The maximum Gasteiger partial charge on any atom is 0.408 e. The summed E-state index contributed by atoms with van der Waals surface area (Å²) >= 11 is 6.39. The van der Waals surface area contributed by atoms with Crippen molar-refractivity contribution in [1.82, 2.24) is 20.5 Å². The van der Waals surface area contributed by atoms with Crippen LogP contribution in [0.25, 0.3) is 22.0 Å². The summed E-state index contributed by atoms with van der Waals surface area (Å²) in [5.41, 5.74) is 3.09. The van der Waals surface area contributed by atoms with Crippen LogP contribution in [0, 0.1) is 0 Å². The average molecular weight is 479 g/mol. The van der Waals surface area contributed by atoms with Crippen molar-refractivity contribution in [2.45, 2.75) is 38.8 Å². The molecule has 176 valence electrons. The lowest BCUT2D eigenvalue weighted by Gasteiger charge is -2.24. The minimum Gasteiger partial charge on any atom is -0.490 e. The highest BCUT2D eigenvalue weighted by molar-refractivity contribution is 6.32. The van der Waals surface area contributed by atoms with Crippen molar-refractivity contribution in [3.05, 3.63) is 77.7 Å². The summed E-state index contributed by atoms with van der Waals surface area (Å²) in [7, 11) is 0. The van der Waals surface area contributed by atoms with Gasteiger partial charge in [-0.2, -0.15) is 5.10 Å². The minimum atomic E-state index is -0.590. The highest BCUT2D eigenvalue weighted by Crippen LogP contribution is 2.31. The zero-order valence-electron chi connectivity index (χ0n) is 19.3. The molecule has 4 rings (SSSR count). The Bertz CT molecular complexity index is 1270. The van der Waals surface area contributed by atoms with E-state index in [1.165, 1.54) is 0 Å². The Morgan fingerprint density at radius 2 is 1.91 bits per heavy atom. The lowest BCUT2D eigenvalue weighted by molar-refractivity contribution is 0.0487. The topological polar surface area (TPSA) is 89.1 Å². The normalized spacial score (nSPS) is 12.4. The summed E-state index contributed by atoms with van der Waals surface area (Å²) in [6.45, 7) is 5.73. The summed E-state index contributed by atoms with van der Waals surface area (Å²) in [5, 5.41) is 11.3. The number of nitrogens with zero attached hydrogens (tertiary/aromatic N) is 2. The van der Waals surface area contributed by atoms with E-state index >= 15 is 0 Å². The molecule has 34 heavy (non-hydrogen) atoms. The first kappa shape index (κ1) is 23.6. The number of hydrogen-bond acceptors (Lipinski definition) is 5. The third kappa shape index (κ3) is 6.26. The van der Waals surface area contributed by atoms with Gasteiger partial charge >= 0.3 is 6.09 Å². The number of fused-ring (bicyclic) bond motifs is 1. The number of alkyl carbamates (subject to hydrolysis) is 1. The number of H-pyrrole nitrogens is 1. The molecule has 2 aromatic heterocycles. The van der Waals surface area contributed by atoms with Gasteiger partial charge in [-0.1, -0.05) is 48.0 Å². The summed E-state index contributed by atoms with van der Waals surface area (Å²) in [6.07, 6.45) is 3.44. The molecule has 7 nitrogen and oxygen atoms in total. The Labute approximate surface area is 203 Å². The fourth-order valence-corrected chi connectivity index (χ4v) is 3.75. The van der Waals surface area contributed by atoms with Gasteiger partial charge in [-0.15, -0.1) is 0 Å². The van der Waals surface area contributed by atoms with E-state index in [4.69, 9.17) is 21.1 Å². The van der Waals surface area contributed by atoms with Gasteiger partial charge in [0, 0.05) is 10.9 Å². The first-order chi connectivity index (χ1) is 16.3. The van der Waals surface area contributed by atoms with Gasteiger partial charge in [0.15, 0.2) is 0 Å². The minimum absolute atomic E-state index is 0.234. The molecule has 0 saturated heterocycles. The largest absolute Gasteiger partial charge is 0.490 e. The van der Waals surface area contributed by atoms with E-state index in [9.17, 15) is 4.79 Å². The highest BCUT2D eigenvalue weighted by Gasteiger charge is 2.21. The van der Waals surface area contributed by atoms with Crippen LogP contribution in [0.5, 0.6) is 5.75 Å². The lowest BCUT2D eigenvalue weighted by Crippen LogP contribution is -2.43. The highest BCUT2D eigenvalue weighted by atomic mass is 35.5. The molecular weight excluding hydrogens is 452 g/mol. The number of carbonyl (C=O) groups is 1. The predicted molar refractivity (Wildman–Crippen MR) is 133 cm³/mol. The Morgan fingerprint density at radius 1 is 1.12 bits per heavy atom. The number of aromatic nitrogens is 3. The van der Waals surface area contributed by atoms with Crippen LogP contribution in [0.3, 0.4) is 0 Å². The van der Waals surface area contributed by atoms with Gasteiger partial charge in [0.25, 0.3) is 0 Å². The number of rotatable bonds is 7. The van der Waals surface area contributed by atoms with E-state index in [1.54, 1.807) is 12.4 Å². The number of pyridine rings is 1. The molecule has 4 aromatic rings. The van der Waals surface area contributed by atoms with E-state index < -0.39 is 11.7 Å². The second-order valence-corrected chi connectivity index (χ2v) is 9.38. The monoisotopic (exact) mass is 478 g/mol. The predicted octanol–water partition coefficient (Wildman–Crippen LogP) is 5.79. The number of hydrogen-bond donors (Lipinski definition) is 2. The molecule has 2 heterocycles. The summed E-state index contributed by atoms with van der Waals surface area (Å²) in [6, 6.07) is 17.3. The van der Waals surface area contributed by atoms with Crippen LogP contribution in [0.1, 0.15) is 26.3 Å². The van der Waals surface area contributed by atoms with Crippen molar-refractivity contribution in [3.63, 3.8) is 0 Å². The van der Waals surface area contributed by atoms with Crippen LogP contribution in [0.15, 0.2) is 67.0 Å². The maximum atomic E-state index is 12.4. The van der Waals surface area contributed by atoms with Gasteiger partial charge in [-0.05, 0) is 56.5 Å². The van der Waals surface area contributed by atoms with Crippen LogP contribution in [-0.4, -0.2) is 39.5 Å². The maximum absolute atomic E-state index is 12.4. The van der Waals surface area contributed by atoms with Crippen LogP contribution >= 0.6 is 11.6 Å². The molecule has 0 aliphatic carbocycles. The third-order valence-electron chi connectivity index (χ3n) is 5.06. The van der Waals surface area contributed by atoms with E-state index in [0.29, 0.717) is 17.3 Å². The standard InChI is InChI=1S/C26H27ClN4O3/c1-26(2,3)34-25(32)30-20(11-17-7-5-4-6-8-17)16-33-21-13-22(24(27)28-15-21)18-9-10-23-19(12-18)14-29-31-23/h4-10,12-15,20H,11,16H2,1-3H3,(H,29,31)(H,30,32)/t20-/m1/s1. The van der Waals surface area contributed by atoms with Crippen LogP contribution in [0.2, 0.25) is 5.15 Å². The van der Waals surface area contributed by atoms with Crippen LogP contribution < -0.4 is 10.1 Å². The van der Waals surface area contributed by atoms with Crippen molar-refractivity contribution in [2.24, 2.45) is 0 Å². The smallest absolute Gasteiger partial charge is 0.408 e. The first-order valence-corrected chi connectivity index (χ1v) is 11.4. The SMILES string of the molecule is CC(C)(C)OC(=O)N[C@@H](COc1cnc(Cl)c(-c2ccc3[nH]ncc3c2)c1)Cc1ccccc1. The zero-order valence-corrected chi connectivity index (χ0v) is 20.1. The van der Waals surface area contributed by atoms with Crippen molar-refractivity contribution >= 4 is 28.6 Å². The summed E-state index contributed by atoms with van der Waals surface area (Å²) in [4.78, 5) is 16.7. The first-order valence-electron chi connectivity index (χ1n) is 11.0. The number of nitrogens with one attached hydrogen (secondary N) is 2. The molecule has 1 amide bonds. The Morgan fingerprint density at radius 3 is 2.68 bits per heavy atom. The van der Waals surface area contributed by atoms with Gasteiger partial charge in [0.05, 0.1) is 24.0 Å². The number of halogens is 1. The molecule has 0 saturated carbocycles. The van der Waals surface area contributed by atoms with Crippen molar-refractivity contribution in [1.29, 1.82) is 0 Å². The fraction of sp³-hybridized carbons (Fsp3) is 0.269. The molecule has 1 atom stereocenters. The second-order valence-electron chi connectivity index (χ2n) is 9.03. The number of aromatic amines is 1. The number of carbonyl (C=O) groups excluding carboxylic acids is 1. The average Bonchev–Trinajstić information content (AvgIpc) is 3.25. The van der Waals surface area contributed by atoms with Crippen molar-refractivity contribution < 1.29 is 14.3 Å². The molecule has 2 N–H and O–H groups in total. The molecule has 0 fully saturated rings. The Kier molecular flexibility index (Phi) is 7.03. The van der Waals surface area contributed by atoms with E-state index in [1.807, 2.05) is 75.4 Å². The van der Waals surface area contributed by atoms with Crippen LogP contribution in [-0.2, 0) is 11.2 Å². The quantitative estimate of drug-likeness (QED) is 0.328.